The minimum atomic E-state index is -0.698. The van der Waals surface area contributed by atoms with Crippen LogP contribution in [-0.2, 0) is 20.7 Å². The van der Waals surface area contributed by atoms with Crippen LogP contribution in [0.3, 0.4) is 0 Å². The lowest BCUT2D eigenvalue weighted by atomic mass is 9.93. The van der Waals surface area contributed by atoms with Crippen LogP contribution in [0.4, 0.5) is 9.18 Å². The smallest absolute Gasteiger partial charge is 0.410 e. The Hall–Kier alpha value is -3.86. The Bertz CT molecular complexity index is 1410. The fourth-order valence-corrected chi connectivity index (χ4v) is 6.42. The molecule has 11 heteroatoms. The van der Waals surface area contributed by atoms with Gasteiger partial charge >= 0.3 is 6.09 Å². The Morgan fingerprint density at radius 1 is 0.939 bits per heavy atom. The van der Waals surface area contributed by atoms with Gasteiger partial charge in [0.05, 0.1) is 26.2 Å². The van der Waals surface area contributed by atoms with Gasteiger partial charge in [0.15, 0.2) is 11.5 Å². The molecule has 1 saturated heterocycles. The number of amides is 3. The number of rotatable bonds is 15. The van der Waals surface area contributed by atoms with Crippen LogP contribution in [-0.4, -0.2) is 103 Å². The summed E-state index contributed by atoms with van der Waals surface area (Å²) in [6, 6.07) is 10.9. The van der Waals surface area contributed by atoms with E-state index in [0.29, 0.717) is 69.0 Å². The standard InChI is InChI=1S/C38H54FN3O7/c1-26(2)42(36(44)28-11-18-33(47-7)34(24-28)48-22-8-21-46-6)32-17-16-31(41(25-32)37(45)49-38(3,4)5)19-20-40(30-14-15-30)35(43)23-27-9-12-29(39)13-10-27/h9-13,18,24,26,30-32H,8,14-17,19-23,25H2,1-7H3/t31-,32-/m1/s1. The summed E-state index contributed by atoms with van der Waals surface area (Å²) in [5.41, 5.74) is 0.547. The molecule has 1 heterocycles. The molecule has 0 N–H and O–H groups in total. The van der Waals surface area contributed by atoms with Crippen molar-refractivity contribution in [2.75, 3.05) is 40.5 Å². The summed E-state index contributed by atoms with van der Waals surface area (Å²) >= 11 is 0. The van der Waals surface area contributed by atoms with E-state index < -0.39 is 11.7 Å². The summed E-state index contributed by atoms with van der Waals surface area (Å²) in [5.74, 6) is 0.546. The van der Waals surface area contributed by atoms with Gasteiger partial charge in [0.25, 0.3) is 5.91 Å². The van der Waals surface area contributed by atoms with Crippen LogP contribution in [0.1, 0.15) is 89.1 Å². The van der Waals surface area contributed by atoms with Gasteiger partial charge in [0, 0.05) is 56.9 Å². The second kappa shape index (κ2) is 17.2. The van der Waals surface area contributed by atoms with Crippen LogP contribution in [0.15, 0.2) is 42.5 Å². The van der Waals surface area contributed by atoms with Gasteiger partial charge in [-0.2, -0.15) is 0 Å². The fraction of sp³-hybridized carbons (Fsp3) is 0.605. The van der Waals surface area contributed by atoms with E-state index >= 15 is 0 Å². The molecular formula is C38H54FN3O7. The van der Waals surface area contributed by atoms with Crippen LogP contribution >= 0.6 is 0 Å². The van der Waals surface area contributed by atoms with Crippen molar-refractivity contribution in [3.05, 3.63) is 59.4 Å². The van der Waals surface area contributed by atoms with Gasteiger partial charge in [-0.1, -0.05) is 12.1 Å². The first-order chi connectivity index (χ1) is 23.3. The molecule has 0 radical (unpaired) electrons. The number of ether oxygens (including phenoxy) is 4. The highest BCUT2D eigenvalue weighted by molar-refractivity contribution is 5.95. The molecule has 4 rings (SSSR count). The zero-order valence-corrected chi connectivity index (χ0v) is 30.2. The lowest BCUT2D eigenvalue weighted by Crippen LogP contribution is -2.58. The Morgan fingerprint density at radius 2 is 1.63 bits per heavy atom. The number of benzene rings is 2. The molecule has 2 aliphatic rings. The van der Waals surface area contributed by atoms with E-state index in [1.165, 1.54) is 12.1 Å². The van der Waals surface area contributed by atoms with Gasteiger partial charge in [-0.15, -0.1) is 0 Å². The second-order valence-corrected chi connectivity index (χ2v) is 14.3. The van der Waals surface area contributed by atoms with Crippen LogP contribution < -0.4 is 9.47 Å². The molecule has 0 spiro atoms. The molecule has 0 aromatic heterocycles. The van der Waals surface area contributed by atoms with Crippen molar-refractivity contribution < 1.29 is 37.7 Å². The predicted octanol–water partition coefficient (Wildman–Crippen LogP) is 6.49. The number of carbonyl (C=O) groups excluding carboxylic acids is 3. The van der Waals surface area contributed by atoms with Crippen molar-refractivity contribution in [3.8, 4) is 11.5 Å². The molecular weight excluding hydrogens is 629 g/mol. The Labute approximate surface area is 290 Å². The van der Waals surface area contributed by atoms with E-state index in [2.05, 4.69) is 0 Å². The van der Waals surface area contributed by atoms with E-state index in [1.807, 2.05) is 44.4 Å². The van der Waals surface area contributed by atoms with Gasteiger partial charge < -0.3 is 33.6 Å². The molecule has 0 unspecified atom stereocenters. The van der Waals surface area contributed by atoms with Gasteiger partial charge in [0.1, 0.15) is 11.4 Å². The first-order valence-electron chi connectivity index (χ1n) is 17.5. The molecule has 2 atom stereocenters. The van der Waals surface area contributed by atoms with Gasteiger partial charge in [-0.25, -0.2) is 9.18 Å². The van der Waals surface area contributed by atoms with Gasteiger partial charge in [-0.05, 0) is 103 Å². The van der Waals surface area contributed by atoms with Crippen LogP contribution in [0, 0.1) is 5.82 Å². The molecule has 2 aromatic rings. The van der Waals surface area contributed by atoms with Crippen molar-refractivity contribution in [2.45, 2.75) is 109 Å². The number of hydrogen-bond donors (Lipinski definition) is 0. The molecule has 0 bridgehead atoms. The molecule has 3 amide bonds. The van der Waals surface area contributed by atoms with Crippen molar-refractivity contribution in [2.24, 2.45) is 0 Å². The summed E-state index contributed by atoms with van der Waals surface area (Å²) in [6.45, 7) is 11.3. The summed E-state index contributed by atoms with van der Waals surface area (Å²) in [5, 5.41) is 0. The number of nitrogens with zero attached hydrogens (tertiary/aromatic N) is 3. The molecule has 1 aliphatic carbocycles. The van der Waals surface area contributed by atoms with E-state index in [1.54, 1.807) is 49.5 Å². The molecule has 10 nitrogen and oxygen atoms in total. The zero-order chi connectivity index (χ0) is 35.7. The molecule has 2 fully saturated rings. The second-order valence-electron chi connectivity index (χ2n) is 14.3. The normalized spacial score (nSPS) is 17.9. The van der Waals surface area contributed by atoms with Crippen LogP contribution in [0.2, 0.25) is 0 Å². The first-order valence-corrected chi connectivity index (χ1v) is 17.5. The van der Waals surface area contributed by atoms with Crippen molar-refractivity contribution in [1.29, 1.82) is 0 Å². The number of piperidine rings is 1. The maximum atomic E-state index is 14.2. The number of likely N-dealkylation sites (tertiary alicyclic amines) is 1. The van der Waals surface area contributed by atoms with Crippen molar-refractivity contribution in [1.82, 2.24) is 14.7 Å². The number of halogens is 1. The first kappa shape index (κ1) is 38.0. The lowest BCUT2D eigenvalue weighted by Gasteiger charge is -2.45. The molecule has 2 aromatic carbocycles. The molecule has 1 saturated carbocycles. The summed E-state index contributed by atoms with van der Waals surface area (Å²) < 4.78 is 35.9. The largest absolute Gasteiger partial charge is 0.493 e. The Balaban J connectivity index is 1.50. The quantitative estimate of drug-likeness (QED) is 0.198. The third-order valence-corrected chi connectivity index (χ3v) is 8.93. The summed E-state index contributed by atoms with van der Waals surface area (Å²) in [4.78, 5) is 46.8. The Kier molecular flexibility index (Phi) is 13.3. The maximum absolute atomic E-state index is 14.2. The minimum absolute atomic E-state index is 0.00438. The highest BCUT2D eigenvalue weighted by atomic mass is 19.1. The molecule has 49 heavy (non-hydrogen) atoms. The van der Waals surface area contributed by atoms with Crippen molar-refractivity contribution in [3.63, 3.8) is 0 Å². The summed E-state index contributed by atoms with van der Waals surface area (Å²) in [6.07, 6.45) is 4.32. The average molecular weight is 684 g/mol. The fourth-order valence-electron chi connectivity index (χ4n) is 6.42. The van der Waals surface area contributed by atoms with Crippen molar-refractivity contribution >= 4 is 17.9 Å². The number of hydrogen-bond acceptors (Lipinski definition) is 7. The van der Waals surface area contributed by atoms with E-state index in [4.69, 9.17) is 18.9 Å². The SMILES string of the molecule is COCCCOc1cc(C(=O)N(C(C)C)[C@@H]2CC[C@H](CCN(C(=O)Cc3ccc(F)cc3)C3CC3)N(C(=O)OC(C)(C)C)C2)ccc1OC. The molecule has 270 valence electrons. The van der Waals surface area contributed by atoms with E-state index in [-0.39, 0.29) is 48.2 Å². The monoisotopic (exact) mass is 683 g/mol. The summed E-state index contributed by atoms with van der Waals surface area (Å²) in [7, 11) is 3.20. The maximum Gasteiger partial charge on any atom is 0.410 e. The topological polar surface area (TPSA) is 97.9 Å². The Morgan fingerprint density at radius 3 is 2.24 bits per heavy atom. The van der Waals surface area contributed by atoms with Gasteiger partial charge in [-0.3, -0.25) is 9.59 Å². The number of carbonyl (C=O) groups is 3. The van der Waals surface area contributed by atoms with Crippen LogP contribution in [0.5, 0.6) is 11.5 Å². The van der Waals surface area contributed by atoms with Gasteiger partial charge in [0.2, 0.25) is 5.91 Å². The number of methoxy groups -OCH3 is 2. The minimum Gasteiger partial charge on any atom is -0.493 e. The third-order valence-electron chi connectivity index (χ3n) is 8.93. The lowest BCUT2D eigenvalue weighted by molar-refractivity contribution is -0.131. The van der Waals surface area contributed by atoms with E-state index in [0.717, 1.165) is 18.4 Å². The zero-order valence-electron chi connectivity index (χ0n) is 30.2. The highest BCUT2D eigenvalue weighted by Crippen LogP contribution is 2.33. The third kappa shape index (κ3) is 10.8. The highest BCUT2D eigenvalue weighted by Gasteiger charge is 2.40. The van der Waals surface area contributed by atoms with Crippen LogP contribution in [0.25, 0.3) is 0 Å². The predicted molar refractivity (Wildman–Crippen MR) is 185 cm³/mol. The average Bonchev–Trinajstić information content (AvgIpc) is 3.89. The molecule has 1 aliphatic heterocycles. The van der Waals surface area contributed by atoms with E-state index in [9.17, 15) is 18.8 Å².